The van der Waals surface area contributed by atoms with Crippen LogP contribution >= 0.6 is 0 Å². The maximum absolute atomic E-state index is 13.1. The molecule has 1 N–H and O–H groups in total. The van der Waals surface area contributed by atoms with Gasteiger partial charge in [-0.15, -0.1) is 0 Å². The molecule has 0 amide bonds. The summed E-state index contributed by atoms with van der Waals surface area (Å²) in [5.74, 6) is -1.08. The number of aromatic nitrogens is 1. The van der Waals surface area contributed by atoms with Gasteiger partial charge in [0, 0.05) is 31.0 Å². The highest BCUT2D eigenvalue weighted by Gasteiger charge is 2.08. The second kappa shape index (κ2) is 5.97. The van der Waals surface area contributed by atoms with Gasteiger partial charge in [0.15, 0.2) is 0 Å². The van der Waals surface area contributed by atoms with Crippen LogP contribution in [0.25, 0.3) is 0 Å². The van der Waals surface area contributed by atoms with Crippen LogP contribution in [0.1, 0.15) is 30.5 Å². The fraction of sp³-hybridized carbons (Fsp3) is 0.333. The zero-order valence-corrected chi connectivity index (χ0v) is 11.2. The minimum atomic E-state index is -0.538. The van der Waals surface area contributed by atoms with Crippen LogP contribution in [0, 0.1) is 11.6 Å². The highest BCUT2D eigenvalue weighted by Crippen LogP contribution is 2.17. The van der Waals surface area contributed by atoms with Gasteiger partial charge in [-0.2, -0.15) is 0 Å². The summed E-state index contributed by atoms with van der Waals surface area (Å²) >= 11 is 0. The summed E-state index contributed by atoms with van der Waals surface area (Å²) in [5, 5.41) is 3.23. The van der Waals surface area contributed by atoms with Gasteiger partial charge in [-0.05, 0) is 42.8 Å². The SMILES string of the molecule is CCC(NC)c1ccn(Cc2cc(F)cc(F)c2)c1. The summed E-state index contributed by atoms with van der Waals surface area (Å²) in [6, 6.07) is 5.94. The maximum Gasteiger partial charge on any atom is 0.126 e. The molecular weight excluding hydrogens is 246 g/mol. The number of nitrogens with one attached hydrogen (secondary N) is 1. The van der Waals surface area contributed by atoms with Crippen molar-refractivity contribution in [2.75, 3.05) is 7.05 Å². The molecule has 1 unspecified atom stereocenters. The molecule has 1 heterocycles. The van der Waals surface area contributed by atoms with E-state index < -0.39 is 11.6 Å². The lowest BCUT2D eigenvalue weighted by molar-refractivity contribution is 0.573. The lowest BCUT2D eigenvalue weighted by Crippen LogP contribution is -2.14. The fourth-order valence-corrected chi connectivity index (χ4v) is 2.28. The molecule has 0 aliphatic carbocycles. The van der Waals surface area contributed by atoms with Gasteiger partial charge in [0.25, 0.3) is 0 Å². The molecule has 0 fully saturated rings. The minimum absolute atomic E-state index is 0.311. The fourth-order valence-electron chi connectivity index (χ4n) is 2.28. The second-order valence-corrected chi connectivity index (χ2v) is 4.64. The lowest BCUT2D eigenvalue weighted by Gasteiger charge is -2.11. The quantitative estimate of drug-likeness (QED) is 0.874. The number of benzene rings is 1. The molecule has 19 heavy (non-hydrogen) atoms. The van der Waals surface area contributed by atoms with Crippen molar-refractivity contribution in [1.29, 1.82) is 0 Å². The summed E-state index contributed by atoms with van der Waals surface area (Å²) < 4.78 is 28.2. The van der Waals surface area contributed by atoms with Crippen LogP contribution in [-0.2, 0) is 6.54 Å². The molecule has 0 aliphatic heterocycles. The first-order chi connectivity index (χ1) is 9.12. The van der Waals surface area contributed by atoms with Gasteiger partial charge >= 0.3 is 0 Å². The Balaban J connectivity index is 2.15. The Morgan fingerprint density at radius 1 is 1.21 bits per heavy atom. The number of hydrogen-bond donors (Lipinski definition) is 1. The molecule has 2 rings (SSSR count). The van der Waals surface area contributed by atoms with Crippen molar-refractivity contribution in [2.45, 2.75) is 25.9 Å². The molecule has 0 bridgehead atoms. The first-order valence-electron chi connectivity index (χ1n) is 6.40. The van der Waals surface area contributed by atoms with Gasteiger partial charge < -0.3 is 9.88 Å². The van der Waals surface area contributed by atoms with Crippen LogP contribution in [0.5, 0.6) is 0 Å². The molecule has 0 saturated carbocycles. The highest BCUT2D eigenvalue weighted by atomic mass is 19.1. The summed E-state index contributed by atoms with van der Waals surface area (Å²) in [7, 11) is 1.92. The molecule has 1 aromatic carbocycles. The Hall–Kier alpha value is -1.68. The zero-order chi connectivity index (χ0) is 13.8. The highest BCUT2D eigenvalue weighted by molar-refractivity contribution is 5.21. The van der Waals surface area contributed by atoms with E-state index in [2.05, 4.69) is 12.2 Å². The normalized spacial score (nSPS) is 12.6. The average molecular weight is 264 g/mol. The zero-order valence-electron chi connectivity index (χ0n) is 11.2. The van der Waals surface area contributed by atoms with Crippen LogP contribution in [0.2, 0.25) is 0 Å². The van der Waals surface area contributed by atoms with Gasteiger partial charge in [0.1, 0.15) is 11.6 Å². The lowest BCUT2D eigenvalue weighted by atomic mass is 10.1. The van der Waals surface area contributed by atoms with E-state index in [0.29, 0.717) is 18.2 Å². The van der Waals surface area contributed by atoms with Crippen molar-refractivity contribution in [2.24, 2.45) is 0 Å². The van der Waals surface area contributed by atoms with Gasteiger partial charge in [0.2, 0.25) is 0 Å². The number of hydrogen-bond acceptors (Lipinski definition) is 1. The van der Waals surface area contributed by atoms with E-state index in [1.165, 1.54) is 17.7 Å². The smallest absolute Gasteiger partial charge is 0.126 e. The van der Waals surface area contributed by atoms with E-state index in [1.807, 2.05) is 30.1 Å². The van der Waals surface area contributed by atoms with Crippen molar-refractivity contribution in [3.63, 3.8) is 0 Å². The first-order valence-corrected chi connectivity index (χ1v) is 6.40. The first kappa shape index (κ1) is 13.7. The van der Waals surface area contributed by atoms with E-state index in [1.54, 1.807) is 0 Å². The predicted octanol–water partition coefficient (Wildman–Crippen LogP) is 3.49. The predicted molar refractivity (Wildman–Crippen MR) is 72.0 cm³/mol. The molecule has 102 valence electrons. The van der Waals surface area contributed by atoms with Crippen molar-refractivity contribution in [3.05, 3.63) is 59.4 Å². The van der Waals surface area contributed by atoms with E-state index in [4.69, 9.17) is 0 Å². The molecular formula is C15H18F2N2. The second-order valence-electron chi connectivity index (χ2n) is 4.64. The van der Waals surface area contributed by atoms with Gasteiger partial charge in [-0.1, -0.05) is 6.92 Å². The Labute approximate surface area is 112 Å². The Kier molecular flexibility index (Phi) is 4.32. The molecule has 0 radical (unpaired) electrons. The van der Waals surface area contributed by atoms with Crippen molar-refractivity contribution in [3.8, 4) is 0 Å². The third-order valence-electron chi connectivity index (χ3n) is 3.22. The molecule has 0 aliphatic rings. The monoisotopic (exact) mass is 264 g/mol. The largest absolute Gasteiger partial charge is 0.350 e. The summed E-state index contributed by atoms with van der Waals surface area (Å²) in [5.41, 5.74) is 1.80. The standard InChI is InChI=1S/C15H18F2N2/c1-3-15(18-2)12-4-5-19(10-12)9-11-6-13(16)8-14(17)7-11/h4-8,10,15,18H,3,9H2,1-2H3. The Morgan fingerprint density at radius 2 is 1.89 bits per heavy atom. The van der Waals surface area contributed by atoms with E-state index in [-0.39, 0.29) is 0 Å². The molecule has 4 heteroatoms. The van der Waals surface area contributed by atoms with E-state index in [0.717, 1.165) is 12.5 Å². The van der Waals surface area contributed by atoms with Crippen LogP contribution in [-0.4, -0.2) is 11.6 Å². The van der Waals surface area contributed by atoms with E-state index in [9.17, 15) is 8.78 Å². The Bertz CT molecular complexity index is 525. The van der Waals surface area contributed by atoms with Crippen LogP contribution in [0.15, 0.2) is 36.7 Å². The van der Waals surface area contributed by atoms with Gasteiger partial charge in [-0.3, -0.25) is 0 Å². The van der Waals surface area contributed by atoms with Gasteiger partial charge in [0.05, 0.1) is 0 Å². The third-order valence-corrected chi connectivity index (χ3v) is 3.22. The molecule has 0 saturated heterocycles. The van der Waals surface area contributed by atoms with Crippen molar-refractivity contribution in [1.82, 2.24) is 9.88 Å². The molecule has 2 nitrogen and oxygen atoms in total. The van der Waals surface area contributed by atoms with Crippen molar-refractivity contribution < 1.29 is 8.78 Å². The average Bonchev–Trinajstić information content (AvgIpc) is 2.78. The number of rotatable bonds is 5. The molecule has 0 spiro atoms. The van der Waals surface area contributed by atoms with Crippen LogP contribution in [0.4, 0.5) is 8.78 Å². The topological polar surface area (TPSA) is 17.0 Å². The Morgan fingerprint density at radius 3 is 2.47 bits per heavy atom. The maximum atomic E-state index is 13.1. The van der Waals surface area contributed by atoms with E-state index >= 15 is 0 Å². The minimum Gasteiger partial charge on any atom is -0.350 e. The molecule has 1 atom stereocenters. The van der Waals surface area contributed by atoms with Crippen molar-refractivity contribution >= 4 is 0 Å². The van der Waals surface area contributed by atoms with Crippen LogP contribution < -0.4 is 5.32 Å². The van der Waals surface area contributed by atoms with Gasteiger partial charge in [-0.25, -0.2) is 8.78 Å². The summed E-state index contributed by atoms with van der Waals surface area (Å²) in [6.45, 7) is 2.58. The van der Waals surface area contributed by atoms with Crippen LogP contribution in [0.3, 0.4) is 0 Å². The summed E-state index contributed by atoms with van der Waals surface area (Å²) in [4.78, 5) is 0. The molecule has 2 aromatic rings. The molecule has 1 aromatic heterocycles. The summed E-state index contributed by atoms with van der Waals surface area (Å²) in [6.07, 6.45) is 4.93. The number of nitrogens with zero attached hydrogens (tertiary/aromatic N) is 1. The third kappa shape index (κ3) is 3.41. The number of halogens is 2.